The summed E-state index contributed by atoms with van der Waals surface area (Å²) in [6, 6.07) is 5.53. The first kappa shape index (κ1) is 17.2. The number of hydrogen-bond acceptors (Lipinski definition) is 3. The molecule has 1 aliphatic rings. The van der Waals surface area contributed by atoms with E-state index in [1.807, 2.05) is 19.2 Å². The molecule has 21 heavy (non-hydrogen) atoms. The van der Waals surface area contributed by atoms with Crippen LogP contribution in [0.15, 0.2) is 22.7 Å². The van der Waals surface area contributed by atoms with Gasteiger partial charge in [0.2, 0.25) is 0 Å². The first-order valence-electron chi connectivity index (χ1n) is 7.44. The molecule has 0 bridgehead atoms. The van der Waals surface area contributed by atoms with Gasteiger partial charge in [0.25, 0.3) is 0 Å². The van der Waals surface area contributed by atoms with Gasteiger partial charge in [-0.15, -0.1) is 0 Å². The van der Waals surface area contributed by atoms with Gasteiger partial charge in [-0.3, -0.25) is 0 Å². The van der Waals surface area contributed by atoms with E-state index < -0.39 is 11.7 Å². The van der Waals surface area contributed by atoms with Crippen LogP contribution in [-0.4, -0.2) is 40.9 Å². The Morgan fingerprint density at radius 2 is 2.05 bits per heavy atom. The van der Waals surface area contributed by atoms with Gasteiger partial charge in [0.1, 0.15) is 0 Å². The zero-order valence-electron chi connectivity index (χ0n) is 12.4. The second kappa shape index (κ2) is 7.42. The van der Waals surface area contributed by atoms with Gasteiger partial charge in [-0.2, -0.15) is 0 Å². The number of aliphatic hydroxyl groups excluding tert-OH is 1. The molecule has 0 amide bonds. The molecule has 3 nitrogen and oxygen atoms in total. The van der Waals surface area contributed by atoms with E-state index >= 15 is 0 Å². The van der Waals surface area contributed by atoms with Crippen LogP contribution in [0.4, 0.5) is 0 Å². The van der Waals surface area contributed by atoms with Crippen LogP contribution in [0.1, 0.15) is 43.8 Å². The molecule has 2 N–H and O–H groups in total. The van der Waals surface area contributed by atoms with E-state index in [-0.39, 0.29) is 0 Å². The predicted molar refractivity (Wildman–Crippen MR) is 89.6 cm³/mol. The predicted octanol–water partition coefficient (Wildman–Crippen LogP) is 3.76. The maximum absolute atomic E-state index is 10.4. The quantitative estimate of drug-likeness (QED) is 0.794. The van der Waals surface area contributed by atoms with Crippen LogP contribution in [0.25, 0.3) is 0 Å². The summed E-state index contributed by atoms with van der Waals surface area (Å²) in [5.74, 6) is 0. The third kappa shape index (κ3) is 4.93. The summed E-state index contributed by atoms with van der Waals surface area (Å²) in [7, 11) is 1.99. The lowest BCUT2D eigenvalue weighted by Crippen LogP contribution is -2.39. The van der Waals surface area contributed by atoms with Crippen molar-refractivity contribution in [2.75, 3.05) is 20.1 Å². The van der Waals surface area contributed by atoms with Crippen molar-refractivity contribution in [1.29, 1.82) is 0 Å². The Bertz CT molecular complexity index is 477. The van der Waals surface area contributed by atoms with Crippen molar-refractivity contribution in [2.24, 2.45) is 0 Å². The average Bonchev–Trinajstić information content (AvgIpc) is 2.82. The Morgan fingerprint density at radius 3 is 2.67 bits per heavy atom. The number of rotatable bonds is 6. The Morgan fingerprint density at radius 1 is 1.38 bits per heavy atom. The van der Waals surface area contributed by atoms with Crippen LogP contribution in [0.2, 0.25) is 5.02 Å². The molecular weight excluding hydrogens is 354 g/mol. The minimum Gasteiger partial charge on any atom is -0.389 e. The lowest BCUT2D eigenvalue weighted by atomic mass is 10.0. The first-order valence-corrected chi connectivity index (χ1v) is 8.61. The van der Waals surface area contributed by atoms with Crippen LogP contribution in [-0.2, 0) is 0 Å². The van der Waals surface area contributed by atoms with Gasteiger partial charge >= 0.3 is 0 Å². The van der Waals surface area contributed by atoms with Crippen LogP contribution >= 0.6 is 27.5 Å². The number of nitrogens with zero attached hydrogens (tertiary/aromatic N) is 1. The zero-order valence-corrected chi connectivity index (χ0v) is 14.7. The van der Waals surface area contributed by atoms with E-state index in [9.17, 15) is 10.2 Å². The highest BCUT2D eigenvalue weighted by Gasteiger charge is 2.32. The van der Waals surface area contributed by atoms with E-state index in [1.54, 1.807) is 6.07 Å². The lowest BCUT2D eigenvalue weighted by Gasteiger charge is -2.29. The molecule has 1 atom stereocenters. The topological polar surface area (TPSA) is 43.7 Å². The molecule has 118 valence electrons. The van der Waals surface area contributed by atoms with E-state index in [0.717, 1.165) is 42.3 Å². The Hall–Kier alpha value is -0.130. The smallest absolute Gasteiger partial charge is 0.0816 e. The molecule has 0 aliphatic heterocycles. The van der Waals surface area contributed by atoms with Gasteiger partial charge < -0.3 is 15.1 Å². The molecule has 2 rings (SSSR count). The third-order valence-corrected chi connectivity index (χ3v) is 5.02. The molecule has 0 radical (unpaired) electrons. The van der Waals surface area contributed by atoms with Gasteiger partial charge in [0.15, 0.2) is 0 Å². The van der Waals surface area contributed by atoms with Crippen molar-refractivity contribution >= 4 is 27.5 Å². The zero-order chi connectivity index (χ0) is 15.5. The molecular formula is C16H23BrClNO2. The highest BCUT2D eigenvalue weighted by atomic mass is 79.9. The van der Waals surface area contributed by atoms with Crippen LogP contribution < -0.4 is 0 Å². The van der Waals surface area contributed by atoms with Crippen molar-refractivity contribution in [3.05, 3.63) is 33.3 Å². The molecule has 1 unspecified atom stereocenters. The van der Waals surface area contributed by atoms with E-state index in [0.29, 0.717) is 18.0 Å². The maximum Gasteiger partial charge on any atom is 0.0816 e. The van der Waals surface area contributed by atoms with E-state index in [2.05, 4.69) is 20.8 Å². The number of aliphatic hydroxyl groups is 2. The Labute approximate surface area is 140 Å². The molecule has 0 spiro atoms. The second-order valence-electron chi connectivity index (χ2n) is 6.14. The van der Waals surface area contributed by atoms with Crippen LogP contribution in [0, 0.1) is 0 Å². The SMILES string of the molecule is CN(CCC(O)c1ccc(Br)cc1Cl)CC1(O)CCCC1. The molecule has 0 heterocycles. The highest BCUT2D eigenvalue weighted by molar-refractivity contribution is 9.10. The summed E-state index contributed by atoms with van der Waals surface area (Å²) in [6.45, 7) is 1.41. The Kier molecular flexibility index (Phi) is 6.09. The molecule has 0 aromatic heterocycles. The second-order valence-corrected chi connectivity index (χ2v) is 7.46. The van der Waals surface area contributed by atoms with Crippen molar-refractivity contribution in [2.45, 2.75) is 43.8 Å². The summed E-state index contributed by atoms with van der Waals surface area (Å²) in [4.78, 5) is 2.10. The summed E-state index contributed by atoms with van der Waals surface area (Å²) < 4.78 is 0.907. The minimum absolute atomic E-state index is 0.533. The standard InChI is InChI=1S/C16H23BrClNO2/c1-19(11-16(21)7-2-3-8-16)9-6-15(20)13-5-4-12(17)10-14(13)18/h4-5,10,15,20-21H,2-3,6-9,11H2,1H3. The lowest BCUT2D eigenvalue weighted by molar-refractivity contribution is 0.0129. The summed E-state index contributed by atoms with van der Waals surface area (Å²) in [5, 5.41) is 21.2. The molecule has 1 aromatic carbocycles. The first-order chi connectivity index (χ1) is 9.89. The van der Waals surface area contributed by atoms with Crippen molar-refractivity contribution in [3.8, 4) is 0 Å². The minimum atomic E-state index is -0.578. The molecule has 1 aliphatic carbocycles. The van der Waals surface area contributed by atoms with Crippen molar-refractivity contribution < 1.29 is 10.2 Å². The number of likely N-dealkylation sites (N-methyl/N-ethyl adjacent to an activating group) is 1. The monoisotopic (exact) mass is 375 g/mol. The maximum atomic E-state index is 10.4. The molecule has 0 saturated heterocycles. The average molecular weight is 377 g/mol. The summed E-state index contributed by atoms with van der Waals surface area (Å²) >= 11 is 9.52. The fraction of sp³-hybridized carbons (Fsp3) is 0.625. The van der Waals surface area contributed by atoms with Crippen LogP contribution in [0.3, 0.4) is 0 Å². The highest BCUT2D eigenvalue weighted by Crippen LogP contribution is 2.31. The van der Waals surface area contributed by atoms with Crippen LogP contribution in [0.5, 0.6) is 0 Å². The number of hydrogen-bond donors (Lipinski definition) is 2. The molecule has 1 saturated carbocycles. The fourth-order valence-electron chi connectivity index (χ4n) is 3.04. The van der Waals surface area contributed by atoms with Crippen molar-refractivity contribution in [1.82, 2.24) is 4.90 Å². The molecule has 1 aromatic rings. The number of halogens is 2. The summed E-state index contributed by atoms with van der Waals surface area (Å²) in [5.41, 5.74) is 0.224. The van der Waals surface area contributed by atoms with Gasteiger partial charge in [-0.25, -0.2) is 0 Å². The Balaban J connectivity index is 1.84. The molecule has 5 heteroatoms. The van der Waals surface area contributed by atoms with Gasteiger partial charge in [0.05, 0.1) is 11.7 Å². The summed E-state index contributed by atoms with van der Waals surface area (Å²) in [6.07, 6.45) is 4.03. The third-order valence-electron chi connectivity index (χ3n) is 4.20. The largest absolute Gasteiger partial charge is 0.389 e. The van der Waals surface area contributed by atoms with E-state index in [4.69, 9.17) is 11.6 Å². The van der Waals surface area contributed by atoms with Crippen molar-refractivity contribution in [3.63, 3.8) is 0 Å². The normalized spacial score (nSPS) is 19.1. The van der Waals surface area contributed by atoms with Gasteiger partial charge in [-0.05, 0) is 44.0 Å². The molecule has 1 fully saturated rings. The van der Waals surface area contributed by atoms with Gasteiger partial charge in [-0.1, -0.05) is 46.4 Å². The van der Waals surface area contributed by atoms with E-state index in [1.165, 1.54) is 0 Å². The number of benzene rings is 1. The fourth-order valence-corrected chi connectivity index (χ4v) is 3.84. The van der Waals surface area contributed by atoms with Gasteiger partial charge in [0, 0.05) is 22.6 Å².